The van der Waals surface area contributed by atoms with Crippen LogP contribution >= 0.6 is 11.8 Å². The van der Waals surface area contributed by atoms with E-state index in [0.29, 0.717) is 0 Å². The molecule has 1 saturated heterocycles. The minimum Gasteiger partial charge on any atom is -0.468 e. The summed E-state index contributed by atoms with van der Waals surface area (Å²) in [6, 6.07) is 2.11. The van der Waals surface area contributed by atoms with Crippen LogP contribution in [-0.4, -0.2) is 35.0 Å². The number of furan rings is 1. The molecule has 0 atom stereocenters. The SMILES string of the molecule is CC(C)(C)NCc1occc1CN1CCSCC1. The molecule has 0 unspecified atom stereocenters. The lowest BCUT2D eigenvalue weighted by Gasteiger charge is -2.26. The van der Waals surface area contributed by atoms with Gasteiger partial charge in [0.05, 0.1) is 12.8 Å². The van der Waals surface area contributed by atoms with Crippen LogP contribution in [0.5, 0.6) is 0 Å². The van der Waals surface area contributed by atoms with Crippen molar-refractivity contribution in [1.82, 2.24) is 10.2 Å². The van der Waals surface area contributed by atoms with Crippen molar-refractivity contribution in [2.24, 2.45) is 0 Å². The number of thioether (sulfide) groups is 1. The highest BCUT2D eigenvalue weighted by molar-refractivity contribution is 7.99. The molecule has 1 aliphatic heterocycles. The lowest BCUT2D eigenvalue weighted by atomic mass is 10.1. The van der Waals surface area contributed by atoms with Crippen LogP contribution < -0.4 is 5.32 Å². The maximum atomic E-state index is 5.61. The molecule has 3 nitrogen and oxygen atoms in total. The predicted molar refractivity (Wildman–Crippen MR) is 77.9 cm³/mol. The van der Waals surface area contributed by atoms with Crippen molar-refractivity contribution in [2.45, 2.75) is 39.4 Å². The third kappa shape index (κ3) is 4.34. The Hall–Kier alpha value is -0.450. The molecule has 0 spiro atoms. The summed E-state index contributed by atoms with van der Waals surface area (Å²) in [5, 5.41) is 3.49. The first-order chi connectivity index (χ1) is 8.54. The number of nitrogens with one attached hydrogen (secondary N) is 1. The van der Waals surface area contributed by atoms with Gasteiger partial charge < -0.3 is 9.73 Å². The van der Waals surface area contributed by atoms with Gasteiger partial charge >= 0.3 is 0 Å². The van der Waals surface area contributed by atoms with E-state index >= 15 is 0 Å². The quantitative estimate of drug-likeness (QED) is 0.909. The van der Waals surface area contributed by atoms with Gasteiger partial charge in [0.2, 0.25) is 0 Å². The van der Waals surface area contributed by atoms with Crippen molar-refractivity contribution >= 4 is 11.8 Å². The summed E-state index contributed by atoms with van der Waals surface area (Å²) in [6.45, 7) is 10.8. The van der Waals surface area contributed by atoms with Crippen LogP contribution in [0.4, 0.5) is 0 Å². The minimum atomic E-state index is 0.131. The first-order valence-electron chi connectivity index (χ1n) is 6.65. The largest absolute Gasteiger partial charge is 0.468 e. The molecule has 2 rings (SSSR count). The zero-order chi connectivity index (χ0) is 13.0. The Bertz CT molecular complexity index is 364. The smallest absolute Gasteiger partial charge is 0.122 e. The van der Waals surface area contributed by atoms with Gasteiger partial charge in [0, 0.05) is 42.2 Å². The van der Waals surface area contributed by atoms with Gasteiger partial charge in [-0.25, -0.2) is 0 Å². The van der Waals surface area contributed by atoms with E-state index in [0.717, 1.165) is 18.8 Å². The molecular weight excluding hydrogens is 244 g/mol. The lowest BCUT2D eigenvalue weighted by Crippen LogP contribution is -2.36. The Morgan fingerprint density at radius 1 is 1.33 bits per heavy atom. The van der Waals surface area contributed by atoms with Crippen LogP contribution in [0.15, 0.2) is 16.7 Å². The standard InChI is InChI=1S/C14H24N2OS/c1-14(2,3)15-10-13-12(4-7-17-13)11-16-5-8-18-9-6-16/h4,7,15H,5-6,8-11H2,1-3H3. The Balaban J connectivity index is 1.90. The first kappa shape index (κ1) is 14.0. The number of hydrogen-bond donors (Lipinski definition) is 1. The summed E-state index contributed by atoms with van der Waals surface area (Å²) in [4.78, 5) is 2.52. The second-order valence-electron chi connectivity index (χ2n) is 5.86. The minimum absolute atomic E-state index is 0.131. The summed E-state index contributed by atoms with van der Waals surface area (Å²) < 4.78 is 5.61. The highest BCUT2D eigenvalue weighted by Gasteiger charge is 2.16. The van der Waals surface area contributed by atoms with Crippen molar-refractivity contribution in [2.75, 3.05) is 24.6 Å². The van der Waals surface area contributed by atoms with Gasteiger partial charge in [-0.2, -0.15) is 11.8 Å². The van der Waals surface area contributed by atoms with E-state index in [1.54, 1.807) is 0 Å². The Kier molecular flexibility index (Phi) is 4.76. The zero-order valence-electron chi connectivity index (χ0n) is 11.7. The summed E-state index contributed by atoms with van der Waals surface area (Å²) in [5.41, 5.74) is 1.46. The molecule has 0 saturated carbocycles. The lowest BCUT2D eigenvalue weighted by molar-refractivity contribution is 0.290. The van der Waals surface area contributed by atoms with E-state index in [1.807, 2.05) is 6.26 Å². The van der Waals surface area contributed by atoms with Crippen molar-refractivity contribution in [3.8, 4) is 0 Å². The highest BCUT2D eigenvalue weighted by atomic mass is 32.2. The van der Waals surface area contributed by atoms with Gasteiger partial charge in [0.15, 0.2) is 0 Å². The molecule has 0 aromatic carbocycles. The predicted octanol–water partition coefficient (Wildman–Crippen LogP) is 2.72. The maximum absolute atomic E-state index is 5.61. The number of rotatable bonds is 4. The zero-order valence-corrected chi connectivity index (χ0v) is 12.5. The van der Waals surface area contributed by atoms with E-state index < -0.39 is 0 Å². The fourth-order valence-corrected chi connectivity index (χ4v) is 2.99. The van der Waals surface area contributed by atoms with Crippen LogP contribution in [0.3, 0.4) is 0 Å². The van der Waals surface area contributed by atoms with E-state index in [1.165, 1.54) is 30.2 Å². The summed E-state index contributed by atoms with van der Waals surface area (Å²) in [7, 11) is 0. The summed E-state index contributed by atoms with van der Waals surface area (Å²) in [5.74, 6) is 3.60. The molecule has 4 heteroatoms. The summed E-state index contributed by atoms with van der Waals surface area (Å²) in [6.07, 6.45) is 1.81. The molecule has 1 aliphatic rings. The van der Waals surface area contributed by atoms with Crippen LogP contribution in [0.2, 0.25) is 0 Å². The fourth-order valence-electron chi connectivity index (χ4n) is 2.01. The second kappa shape index (κ2) is 6.13. The van der Waals surface area contributed by atoms with Crippen molar-refractivity contribution in [3.05, 3.63) is 23.7 Å². The van der Waals surface area contributed by atoms with Crippen molar-refractivity contribution in [3.63, 3.8) is 0 Å². The Morgan fingerprint density at radius 2 is 2.06 bits per heavy atom. The van der Waals surface area contributed by atoms with Gasteiger partial charge in [-0.15, -0.1) is 0 Å². The molecule has 1 N–H and O–H groups in total. The maximum Gasteiger partial charge on any atom is 0.122 e. The Labute approximate surface area is 114 Å². The monoisotopic (exact) mass is 268 g/mol. The fraction of sp³-hybridized carbons (Fsp3) is 0.714. The van der Waals surface area contributed by atoms with E-state index in [-0.39, 0.29) is 5.54 Å². The van der Waals surface area contributed by atoms with Gasteiger partial charge in [-0.05, 0) is 26.8 Å². The van der Waals surface area contributed by atoms with E-state index in [4.69, 9.17) is 4.42 Å². The molecular formula is C14H24N2OS. The average Bonchev–Trinajstić information content (AvgIpc) is 2.74. The van der Waals surface area contributed by atoms with Crippen LogP contribution in [-0.2, 0) is 13.1 Å². The first-order valence-corrected chi connectivity index (χ1v) is 7.80. The molecule has 18 heavy (non-hydrogen) atoms. The van der Waals surface area contributed by atoms with Crippen LogP contribution in [0.25, 0.3) is 0 Å². The molecule has 1 fully saturated rings. The normalized spacial score (nSPS) is 18.2. The van der Waals surface area contributed by atoms with Crippen LogP contribution in [0.1, 0.15) is 32.1 Å². The second-order valence-corrected chi connectivity index (χ2v) is 7.09. The van der Waals surface area contributed by atoms with Gasteiger partial charge in [0.1, 0.15) is 5.76 Å². The van der Waals surface area contributed by atoms with Gasteiger partial charge in [-0.1, -0.05) is 0 Å². The number of nitrogens with zero attached hydrogens (tertiary/aromatic N) is 1. The molecule has 0 amide bonds. The molecule has 1 aromatic rings. The van der Waals surface area contributed by atoms with Gasteiger partial charge in [-0.3, -0.25) is 4.90 Å². The topological polar surface area (TPSA) is 28.4 Å². The van der Waals surface area contributed by atoms with Crippen molar-refractivity contribution in [1.29, 1.82) is 0 Å². The molecule has 0 aliphatic carbocycles. The van der Waals surface area contributed by atoms with E-state index in [2.05, 4.69) is 48.8 Å². The number of hydrogen-bond acceptors (Lipinski definition) is 4. The van der Waals surface area contributed by atoms with Gasteiger partial charge in [0.25, 0.3) is 0 Å². The third-order valence-corrected chi connectivity index (χ3v) is 4.06. The highest BCUT2D eigenvalue weighted by Crippen LogP contribution is 2.17. The average molecular weight is 268 g/mol. The Morgan fingerprint density at radius 3 is 2.72 bits per heavy atom. The van der Waals surface area contributed by atoms with E-state index in [9.17, 15) is 0 Å². The molecule has 1 aromatic heterocycles. The molecule has 0 radical (unpaired) electrons. The molecule has 0 bridgehead atoms. The summed E-state index contributed by atoms with van der Waals surface area (Å²) >= 11 is 2.05. The van der Waals surface area contributed by atoms with Crippen molar-refractivity contribution < 1.29 is 4.42 Å². The van der Waals surface area contributed by atoms with Crippen LogP contribution in [0, 0.1) is 0 Å². The molecule has 2 heterocycles. The third-order valence-electron chi connectivity index (χ3n) is 3.11. The molecule has 102 valence electrons.